The maximum absolute atomic E-state index is 15.4. The first-order chi connectivity index (χ1) is 16.6. The molecule has 2 saturated carbocycles. The second kappa shape index (κ2) is 10.2. The molecule has 182 valence electrons. The van der Waals surface area contributed by atoms with Crippen LogP contribution in [0.1, 0.15) is 66.2 Å². The molecule has 0 unspecified atom stereocenters. The van der Waals surface area contributed by atoms with Gasteiger partial charge in [-0.15, -0.1) is 0 Å². The molecule has 0 radical (unpaired) electrons. The lowest BCUT2D eigenvalue weighted by Gasteiger charge is -2.24. The van der Waals surface area contributed by atoms with Crippen molar-refractivity contribution in [2.75, 3.05) is 10.6 Å². The van der Waals surface area contributed by atoms with E-state index >= 15 is 8.78 Å². The molecule has 0 aromatic heterocycles. The SMILES string of the molecule is Cc1c(F)c(-c2ccc(NC3CCCCC3)cc2)cc(F)c1-c1ccc(NC2CCCC2)cc1.[HH].[HH]. The molecule has 0 atom stereocenters. The van der Waals surface area contributed by atoms with Gasteiger partial charge < -0.3 is 10.6 Å². The third kappa shape index (κ3) is 4.96. The average Bonchev–Trinajstić information content (AvgIpc) is 3.37. The normalized spacial score (nSPS) is 17.1. The lowest BCUT2D eigenvalue weighted by Crippen LogP contribution is -2.22. The lowest BCUT2D eigenvalue weighted by atomic mass is 9.93. The highest BCUT2D eigenvalue weighted by Crippen LogP contribution is 2.36. The van der Waals surface area contributed by atoms with Crippen molar-refractivity contribution in [2.24, 2.45) is 0 Å². The van der Waals surface area contributed by atoms with Crippen LogP contribution in [0.3, 0.4) is 0 Å². The van der Waals surface area contributed by atoms with E-state index in [1.54, 1.807) is 6.92 Å². The molecule has 5 rings (SSSR count). The first-order valence-electron chi connectivity index (χ1n) is 12.8. The Hall–Kier alpha value is -2.88. The van der Waals surface area contributed by atoms with Crippen LogP contribution >= 0.6 is 0 Å². The van der Waals surface area contributed by atoms with E-state index in [-0.39, 0.29) is 8.67 Å². The van der Waals surface area contributed by atoms with E-state index in [0.29, 0.717) is 39.9 Å². The van der Waals surface area contributed by atoms with Gasteiger partial charge in [-0.25, -0.2) is 8.78 Å². The number of halogens is 2. The van der Waals surface area contributed by atoms with Crippen LogP contribution in [0, 0.1) is 18.6 Å². The Morgan fingerprint density at radius 1 is 0.676 bits per heavy atom. The van der Waals surface area contributed by atoms with Crippen molar-refractivity contribution in [2.45, 2.75) is 76.8 Å². The molecule has 0 saturated heterocycles. The molecular formula is C30H38F2N2. The van der Waals surface area contributed by atoms with E-state index in [9.17, 15) is 0 Å². The fraction of sp³-hybridized carbons (Fsp3) is 0.400. The van der Waals surface area contributed by atoms with Crippen LogP contribution in [0.4, 0.5) is 20.2 Å². The molecule has 0 bridgehead atoms. The molecule has 2 N–H and O–H groups in total. The zero-order chi connectivity index (χ0) is 23.5. The van der Waals surface area contributed by atoms with Crippen LogP contribution in [0.25, 0.3) is 22.3 Å². The van der Waals surface area contributed by atoms with E-state index in [0.717, 1.165) is 11.4 Å². The summed E-state index contributed by atoms with van der Waals surface area (Å²) in [4.78, 5) is 0. The van der Waals surface area contributed by atoms with Crippen molar-refractivity contribution in [3.8, 4) is 22.3 Å². The second-order valence-corrected chi connectivity index (χ2v) is 9.98. The van der Waals surface area contributed by atoms with Gasteiger partial charge >= 0.3 is 0 Å². The Bertz CT molecular complexity index is 1120. The zero-order valence-electron chi connectivity index (χ0n) is 20.0. The first kappa shape index (κ1) is 22.9. The van der Waals surface area contributed by atoms with Gasteiger partial charge in [-0.1, -0.05) is 56.4 Å². The molecule has 2 aliphatic rings. The number of anilines is 2. The summed E-state index contributed by atoms with van der Waals surface area (Å²) in [6.45, 7) is 1.67. The average molecular weight is 465 g/mol. The van der Waals surface area contributed by atoms with Gasteiger partial charge in [0.25, 0.3) is 0 Å². The molecule has 0 aliphatic heterocycles. The molecule has 3 aromatic carbocycles. The fourth-order valence-corrected chi connectivity index (χ4v) is 5.59. The maximum Gasteiger partial charge on any atom is 0.134 e. The second-order valence-electron chi connectivity index (χ2n) is 9.98. The van der Waals surface area contributed by atoms with E-state index in [4.69, 9.17) is 0 Å². The minimum Gasteiger partial charge on any atom is -0.382 e. The standard InChI is InChI=1S/C30H34F2N2.2H2/c1-20-29(22-13-17-26(18-14-22)34-24-9-5-6-10-24)28(31)19-27(30(20)32)21-11-15-25(16-12-21)33-23-7-3-2-4-8-23;;/h11-19,23-24,33-34H,2-10H2,1H3;2*1H. The Labute approximate surface area is 204 Å². The lowest BCUT2D eigenvalue weighted by molar-refractivity contribution is 0.463. The summed E-state index contributed by atoms with van der Waals surface area (Å²) in [5.74, 6) is -0.757. The van der Waals surface area contributed by atoms with Gasteiger partial charge in [0.2, 0.25) is 0 Å². The summed E-state index contributed by atoms with van der Waals surface area (Å²) in [5, 5.41) is 7.13. The Morgan fingerprint density at radius 3 is 1.68 bits per heavy atom. The van der Waals surface area contributed by atoms with Crippen molar-refractivity contribution < 1.29 is 11.6 Å². The largest absolute Gasteiger partial charge is 0.382 e. The molecular weight excluding hydrogens is 426 g/mol. The smallest absolute Gasteiger partial charge is 0.134 e. The van der Waals surface area contributed by atoms with Gasteiger partial charge in [-0.3, -0.25) is 0 Å². The van der Waals surface area contributed by atoms with Crippen LogP contribution < -0.4 is 10.6 Å². The summed E-state index contributed by atoms with van der Waals surface area (Å²) in [6, 6.07) is 17.8. The summed E-state index contributed by atoms with van der Waals surface area (Å²) >= 11 is 0. The molecule has 2 nitrogen and oxygen atoms in total. The Kier molecular flexibility index (Phi) is 6.85. The third-order valence-electron chi connectivity index (χ3n) is 7.52. The van der Waals surface area contributed by atoms with Crippen molar-refractivity contribution in [3.05, 3.63) is 71.8 Å². The molecule has 34 heavy (non-hydrogen) atoms. The van der Waals surface area contributed by atoms with Gasteiger partial charge in [0.15, 0.2) is 0 Å². The van der Waals surface area contributed by atoms with Crippen LogP contribution in [0.5, 0.6) is 0 Å². The van der Waals surface area contributed by atoms with Gasteiger partial charge in [-0.2, -0.15) is 0 Å². The predicted molar refractivity (Wildman–Crippen MR) is 143 cm³/mol. The van der Waals surface area contributed by atoms with E-state index in [2.05, 4.69) is 10.6 Å². The molecule has 0 spiro atoms. The molecule has 0 heterocycles. The number of hydrogen-bond donors (Lipinski definition) is 2. The van der Waals surface area contributed by atoms with Crippen molar-refractivity contribution in [1.82, 2.24) is 0 Å². The topological polar surface area (TPSA) is 24.1 Å². The minimum absolute atomic E-state index is 0. The maximum atomic E-state index is 15.4. The first-order valence-corrected chi connectivity index (χ1v) is 12.8. The summed E-state index contributed by atoms with van der Waals surface area (Å²) in [7, 11) is 0. The third-order valence-corrected chi connectivity index (χ3v) is 7.52. The summed E-state index contributed by atoms with van der Waals surface area (Å²) < 4.78 is 30.7. The zero-order valence-corrected chi connectivity index (χ0v) is 20.0. The molecule has 2 fully saturated rings. The quantitative estimate of drug-likeness (QED) is 0.380. The Morgan fingerprint density at radius 2 is 1.15 bits per heavy atom. The van der Waals surface area contributed by atoms with Crippen molar-refractivity contribution >= 4 is 11.4 Å². The van der Waals surface area contributed by atoms with Crippen LogP contribution in [-0.4, -0.2) is 12.1 Å². The fourth-order valence-electron chi connectivity index (χ4n) is 5.59. The highest BCUT2D eigenvalue weighted by Gasteiger charge is 2.19. The number of rotatable bonds is 6. The van der Waals surface area contributed by atoms with Crippen LogP contribution in [-0.2, 0) is 0 Å². The van der Waals surface area contributed by atoms with Crippen LogP contribution in [0.15, 0.2) is 54.6 Å². The van der Waals surface area contributed by atoms with Crippen molar-refractivity contribution in [3.63, 3.8) is 0 Å². The van der Waals surface area contributed by atoms with Gasteiger partial charge in [-0.05, 0) is 79.6 Å². The monoisotopic (exact) mass is 464 g/mol. The molecule has 3 aromatic rings. The molecule has 4 heteroatoms. The van der Waals surface area contributed by atoms with Gasteiger partial charge in [0.1, 0.15) is 11.6 Å². The summed E-state index contributed by atoms with van der Waals surface area (Å²) in [6.07, 6.45) is 11.2. The van der Waals surface area contributed by atoms with E-state index in [1.807, 2.05) is 48.5 Å². The highest BCUT2D eigenvalue weighted by atomic mass is 19.1. The minimum atomic E-state index is -0.394. The number of nitrogens with one attached hydrogen (secondary N) is 2. The Balaban J connectivity index is 0.00000180. The number of hydrogen-bond acceptors (Lipinski definition) is 2. The number of benzene rings is 3. The molecule has 0 amide bonds. The van der Waals surface area contributed by atoms with Crippen molar-refractivity contribution in [1.29, 1.82) is 0 Å². The predicted octanol–water partition coefficient (Wildman–Crippen LogP) is 9.20. The molecule has 2 aliphatic carbocycles. The van der Waals surface area contributed by atoms with Gasteiger partial charge in [0.05, 0.1) is 0 Å². The highest BCUT2D eigenvalue weighted by molar-refractivity contribution is 5.76. The van der Waals surface area contributed by atoms with E-state index < -0.39 is 5.82 Å². The summed E-state index contributed by atoms with van der Waals surface area (Å²) in [5.41, 5.74) is 4.45. The van der Waals surface area contributed by atoms with Crippen LogP contribution in [0.2, 0.25) is 0 Å². The van der Waals surface area contributed by atoms with Gasteiger partial charge in [0, 0.05) is 37.4 Å². The van der Waals surface area contributed by atoms with E-state index in [1.165, 1.54) is 63.9 Å².